The molecule has 2 aromatic heterocycles. The Balaban J connectivity index is 2.58. The molecule has 18 heavy (non-hydrogen) atoms. The van der Waals surface area contributed by atoms with Crippen molar-refractivity contribution in [2.75, 3.05) is 6.61 Å². The smallest absolute Gasteiger partial charge is 0.232 e. The highest BCUT2D eigenvalue weighted by molar-refractivity contribution is 5.67. The number of aryl methyl sites for hydroxylation is 1. The van der Waals surface area contributed by atoms with Crippen molar-refractivity contribution in [2.24, 2.45) is 0 Å². The quantitative estimate of drug-likeness (QED) is 0.821. The summed E-state index contributed by atoms with van der Waals surface area (Å²) in [5.41, 5.74) is 2.33. The Labute approximate surface area is 105 Å². The third-order valence-electron chi connectivity index (χ3n) is 2.38. The number of hydrogen-bond donors (Lipinski definition) is 0. The lowest BCUT2D eigenvalue weighted by Crippen LogP contribution is -2.00. The first-order valence-electron chi connectivity index (χ1n) is 5.58. The normalized spacial score (nSPS) is 9.83. The summed E-state index contributed by atoms with van der Waals surface area (Å²) in [7, 11) is 0. The fraction of sp³-hybridized carbons (Fsp3) is 0.231. The van der Waals surface area contributed by atoms with Crippen LogP contribution in [0, 0.1) is 18.3 Å². The average molecular weight is 240 g/mol. The van der Waals surface area contributed by atoms with Gasteiger partial charge < -0.3 is 4.74 Å². The first kappa shape index (κ1) is 12.0. The third-order valence-corrected chi connectivity index (χ3v) is 2.38. The highest BCUT2D eigenvalue weighted by atomic mass is 16.5. The molecule has 0 amide bonds. The number of nitriles is 1. The molecule has 0 spiro atoms. The maximum absolute atomic E-state index is 8.85. The Morgan fingerprint density at radius 1 is 1.39 bits per heavy atom. The minimum atomic E-state index is 0.141. The Hall–Kier alpha value is -2.48. The van der Waals surface area contributed by atoms with Crippen molar-refractivity contribution in [1.82, 2.24) is 15.0 Å². The molecule has 2 aromatic rings. The van der Waals surface area contributed by atoms with Crippen LogP contribution in [-0.4, -0.2) is 21.6 Å². The maximum atomic E-state index is 8.85. The fourth-order valence-electron chi connectivity index (χ4n) is 1.59. The van der Waals surface area contributed by atoms with Crippen LogP contribution >= 0.6 is 0 Å². The molecule has 2 rings (SSSR count). The summed E-state index contributed by atoms with van der Waals surface area (Å²) in [5.74, 6) is 0.660. The van der Waals surface area contributed by atoms with Crippen LogP contribution < -0.4 is 4.74 Å². The van der Waals surface area contributed by atoms with Gasteiger partial charge in [-0.1, -0.05) is 0 Å². The van der Waals surface area contributed by atoms with Crippen LogP contribution in [0.3, 0.4) is 0 Å². The van der Waals surface area contributed by atoms with Crippen molar-refractivity contribution in [3.05, 3.63) is 35.9 Å². The van der Waals surface area contributed by atoms with E-state index in [1.165, 1.54) is 0 Å². The Morgan fingerprint density at radius 3 is 2.94 bits per heavy atom. The second-order valence-corrected chi connectivity index (χ2v) is 3.63. The van der Waals surface area contributed by atoms with Crippen LogP contribution in [0.15, 0.2) is 24.5 Å². The summed E-state index contributed by atoms with van der Waals surface area (Å²) >= 11 is 0. The van der Waals surface area contributed by atoms with Crippen LogP contribution in [0.5, 0.6) is 5.88 Å². The predicted octanol–water partition coefficient (Wildman–Crippen LogP) is 2.12. The van der Waals surface area contributed by atoms with E-state index in [2.05, 4.69) is 15.0 Å². The van der Waals surface area contributed by atoms with Crippen LogP contribution in [0.25, 0.3) is 11.3 Å². The fourth-order valence-corrected chi connectivity index (χ4v) is 1.59. The standard InChI is InChI=1S/C13H12N4O/c1-3-18-13-10(5-4-6-15-13)12-9(2)8-16-11(7-14)17-12/h4-6,8H,3H2,1-2H3. The van der Waals surface area contributed by atoms with Crippen LogP contribution in [-0.2, 0) is 0 Å². The lowest BCUT2D eigenvalue weighted by atomic mass is 10.1. The van der Waals surface area contributed by atoms with E-state index in [9.17, 15) is 0 Å². The van der Waals surface area contributed by atoms with Gasteiger partial charge >= 0.3 is 0 Å². The lowest BCUT2D eigenvalue weighted by molar-refractivity contribution is 0.328. The maximum Gasteiger partial charge on any atom is 0.232 e. The van der Waals surface area contributed by atoms with E-state index in [1.807, 2.05) is 32.0 Å². The van der Waals surface area contributed by atoms with Gasteiger partial charge in [0.1, 0.15) is 6.07 Å². The average Bonchev–Trinajstić information content (AvgIpc) is 2.41. The lowest BCUT2D eigenvalue weighted by Gasteiger charge is -2.09. The van der Waals surface area contributed by atoms with Gasteiger partial charge in [-0.05, 0) is 31.5 Å². The molecule has 5 heteroatoms. The molecule has 0 bridgehead atoms. The molecular weight excluding hydrogens is 228 g/mol. The van der Waals surface area contributed by atoms with Crippen molar-refractivity contribution in [3.63, 3.8) is 0 Å². The van der Waals surface area contributed by atoms with Crippen LogP contribution in [0.4, 0.5) is 0 Å². The summed E-state index contributed by atoms with van der Waals surface area (Å²) in [6, 6.07) is 5.61. The highest BCUT2D eigenvalue weighted by Crippen LogP contribution is 2.28. The zero-order chi connectivity index (χ0) is 13.0. The number of pyridine rings is 1. The van der Waals surface area contributed by atoms with Gasteiger partial charge in [-0.3, -0.25) is 0 Å². The van der Waals surface area contributed by atoms with Gasteiger partial charge in [0.05, 0.1) is 17.9 Å². The minimum absolute atomic E-state index is 0.141. The molecule has 0 atom stereocenters. The summed E-state index contributed by atoms with van der Waals surface area (Å²) in [6.45, 7) is 4.31. The summed E-state index contributed by atoms with van der Waals surface area (Å²) in [4.78, 5) is 12.3. The highest BCUT2D eigenvalue weighted by Gasteiger charge is 2.12. The Morgan fingerprint density at radius 2 is 2.22 bits per heavy atom. The number of rotatable bonds is 3. The van der Waals surface area contributed by atoms with Gasteiger partial charge in [0.25, 0.3) is 0 Å². The van der Waals surface area contributed by atoms with Crippen molar-refractivity contribution in [2.45, 2.75) is 13.8 Å². The summed E-state index contributed by atoms with van der Waals surface area (Å²) in [6.07, 6.45) is 3.29. The molecule has 0 radical (unpaired) electrons. The first-order chi connectivity index (χ1) is 8.76. The predicted molar refractivity (Wildman–Crippen MR) is 65.9 cm³/mol. The zero-order valence-electron chi connectivity index (χ0n) is 10.2. The van der Waals surface area contributed by atoms with E-state index >= 15 is 0 Å². The number of hydrogen-bond acceptors (Lipinski definition) is 5. The molecule has 0 aliphatic rings. The molecule has 0 saturated heterocycles. The molecule has 0 aromatic carbocycles. The van der Waals surface area contributed by atoms with E-state index in [1.54, 1.807) is 12.4 Å². The largest absolute Gasteiger partial charge is 0.477 e. The molecule has 5 nitrogen and oxygen atoms in total. The van der Waals surface area contributed by atoms with Gasteiger partial charge in [0.2, 0.25) is 11.7 Å². The number of nitrogens with zero attached hydrogens (tertiary/aromatic N) is 4. The molecule has 0 aliphatic heterocycles. The number of ether oxygens (including phenoxy) is 1. The van der Waals surface area contributed by atoms with Gasteiger partial charge in [-0.15, -0.1) is 0 Å². The van der Waals surface area contributed by atoms with Crippen molar-refractivity contribution in [1.29, 1.82) is 5.26 Å². The van der Waals surface area contributed by atoms with Crippen molar-refractivity contribution < 1.29 is 4.74 Å². The molecule has 0 aliphatic carbocycles. The Bertz CT molecular complexity index is 604. The molecule has 0 N–H and O–H groups in total. The number of aromatic nitrogens is 3. The topological polar surface area (TPSA) is 71.7 Å². The molecule has 0 fully saturated rings. The monoisotopic (exact) mass is 240 g/mol. The second-order valence-electron chi connectivity index (χ2n) is 3.63. The molecular formula is C13H12N4O. The SMILES string of the molecule is CCOc1ncccc1-c1nc(C#N)ncc1C. The first-order valence-corrected chi connectivity index (χ1v) is 5.58. The van der Waals surface area contributed by atoms with Crippen LogP contribution in [0.2, 0.25) is 0 Å². The van der Waals surface area contributed by atoms with Gasteiger partial charge in [0.15, 0.2) is 0 Å². The van der Waals surface area contributed by atoms with Gasteiger partial charge in [0, 0.05) is 12.4 Å². The van der Waals surface area contributed by atoms with E-state index in [-0.39, 0.29) is 5.82 Å². The molecule has 2 heterocycles. The Kier molecular flexibility index (Phi) is 3.49. The summed E-state index contributed by atoms with van der Waals surface area (Å²) in [5, 5.41) is 8.85. The van der Waals surface area contributed by atoms with Gasteiger partial charge in [-0.2, -0.15) is 5.26 Å². The van der Waals surface area contributed by atoms with E-state index < -0.39 is 0 Å². The zero-order valence-corrected chi connectivity index (χ0v) is 10.2. The van der Waals surface area contributed by atoms with E-state index in [0.717, 1.165) is 11.1 Å². The third kappa shape index (κ3) is 2.28. The van der Waals surface area contributed by atoms with Crippen LogP contribution in [0.1, 0.15) is 18.3 Å². The van der Waals surface area contributed by atoms with E-state index in [0.29, 0.717) is 18.2 Å². The summed E-state index contributed by atoms with van der Waals surface area (Å²) < 4.78 is 5.47. The molecule has 0 saturated carbocycles. The van der Waals surface area contributed by atoms with Crippen molar-refractivity contribution in [3.8, 4) is 23.2 Å². The second kappa shape index (κ2) is 5.23. The van der Waals surface area contributed by atoms with Gasteiger partial charge in [-0.25, -0.2) is 15.0 Å². The van der Waals surface area contributed by atoms with Crippen molar-refractivity contribution >= 4 is 0 Å². The van der Waals surface area contributed by atoms with E-state index in [4.69, 9.17) is 10.00 Å². The molecule has 0 unspecified atom stereocenters. The minimum Gasteiger partial charge on any atom is -0.477 e. The molecule has 90 valence electrons.